The highest BCUT2D eigenvalue weighted by molar-refractivity contribution is 4.99. The van der Waals surface area contributed by atoms with Gasteiger partial charge in [0, 0.05) is 23.9 Å². The third-order valence-corrected chi connectivity index (χ3v) is 2.26. The van der Waals surface area contributed by atoms with Crippen molar-refractivity contribution in [2.24, 2.45) is 0 Å². The molecule has 4 nitrogen and oxygen atoms in total. The van der Waals surface area contributed by atoms with Crippen molar-refractivity contribution in [3.63, 3.8) is 0 Å². The average Bonchev–Trinajstić information content (AvgIpc) is 2.44. The van der Waals surface area contributed by atoms with Gasteiger partial charge in [0.1, 0.15) is 18.3 Å². The first-order valence-electron chi connectivity index (χ1n) is 7.46. The Kier molecular flexibility index (Phi) is 4.52. The fraction of sp³-hybridized carbons (Fsp3) is 0.833. The number of hydrogen-bond donors (Lipinski definition) is 0. The normalized spacial score (nSPS) is 31.5. The Labute approximate surface area is 102 Å². The van der Waals surface area contributed by atoms with E-state index in [4.69, 9.17) is 23.1 Å². The molecular weight excluding hydrogens is 208 g/mol. The predicted octanol–water partition coefficient (Wildman–Crippen LogP) is 1.75. The van der Waals surface area contributed by atoms with Crippen molar-refractivity contribution < 1.29 is 23.1 Å². The zero-order chi connectivity index (χ0) is 13.9. The molecule has 0 unspecified atom stereocenters. The summed E-state index contributed by atoms with van der Waals surface area (Å²) in [5, 5.41) is 0. The van der Waals surface area contributed by atoms with Gasteiger partial charge in [0.2, 0.25) is 0 Å². The smallest absolute Gasteiger partial charge is 0.150 e. The summed E-state index contributed by atoms with van der Waals surface area (Å²) in [4.78, 5) is 0. The Hall–Kier alpha value is -0.580. The molecule has 1 rings (SSSR count). The second-order valence-electron chi connectivity index (χ2n) is 3.25. The van der Waals surface area contributed by atoms with Gasteiger partial charge >= 0.3 is 0 Å². The van der Waals surface area contributed by atoms with E-state index in [1.807, 2.05) is 0 Å². The molecule has 0 spiro atoms. The number of hydrogen-bond acceptors (Lipinski definition) is 4. The van der Waals surface area contributed by atoms with Crippen molar-refractivity contribution in [1.82, 2.24) is 0 Å². The van der Waals surface area contributed by atoms with E-state index in [0.29, 0.717) is 26.4 Å². The molecule has 3 atom stereocenters. The largest absolute Gasteiger partial charge is 0.493 e. The lowest BCUT2D eigenvalue weighted by molar-refractivity contribution is -0.134. The molecule has 0 fully saturated rings. The summed E-state index contributed by atoms with van der Waals surface area (Å²) in [5.41, 5.74) is 0. The zero-order valence-electron chi connectivity index (χ0n) is 12.5. The number of ether oxygens (including phenoxy) is 4. The first kappa shape index (κ1) is 9.45. The van der Waals surface area contributed by atoms with Crippen LogP contribution >= 0.6 is 0 Å². The summed E-state index contributed by atoms with van der Waals surface area (Å²) in [6.45, 7) is 1.88. The van der Waals surface area contributed by atoms with E-state index in [1.165, 1.54) is 0 Å². The minimum Gasteiger partial charge on any atom is -0.493 e. The molecule has 94 valence electrons. The summed E-state index contributed by atoms with van der Waals surface area (Å²) in [6.07, 6.45) is 2.39. The molecule has 0 aliphatic carbocycles. The molecule has 0 aromatic heterocycles. The lowest BCUT2D eigenvalue weighted by atomic mass is 10.1. The maximum Gasteiger partial charge on any atom is 0.150 e. The van der Waals surface area contributed by atoms with Crippen molar-refractivity contribution in [2.75, 3.05) is 26.4 Å². The van der Waals surface area contributed by atoms with Gasteiger partial charge in [-0.05, 0) is 26.8 Å². The van der Waals surface area contributed by atoms with Gasteiger partial charge in [0.25, 0.3) is 0 Å². The van der Waals surface area contributed by atoms with Crippen LogP contribution < -0.4 is 0 Å². The Balaban J connectivity index is 2.53. The highest BCUT2D eigenvalue weighted by atomic mass is 16.6. The van der Waals surface area contributed by atoms with Crippen molar-refractivity contribution in [3.8, 4) is 0 Å². The maximum absolute atomic E-state index is 7.15. The Bertz CT molecular complexity index is 253. The standard InChI is InChI=1S/C12H22O4/c1-4-13-9-11-12(15-6-3)10(14-5-2)7-8-16-11/h7-8,10-12H,4-6,9H2,1-3H3/t10-,11-,12+/m1/s1/i1D,2D,3D. The van der Waals surface area contributed by atoms with Crippen LogP contribution in [0.25, 0.3) is 0 Å². The number of rotatable bonds is 7. The Morgan fingerprint density at radius 3 is 2.81 bits per heavy atom. The van der Waals surface area contributed by atoms with E-state index in [0.717, 1.165) is 0 Å². The van der Waals surface area contributed by atoms with Crippen LogP contribution in [0.1, 0.15) is 24.8 Å². The molecule has 0 aromatic rings. The molecule has 1 aliphatic rings. The summed E-state index contributed by atoms with van der Waals surface area (Å²) in [7, 11) is 0. The van der Waals surface area contributed by atoms with Gasteiger partial charge in [0.05, 0.1) is 12.9 Å². The molecule has 0 amide bonds. The highest BCUT2D eigenvalue weighted by Gasteiger charge is 2.33. The Morgan fingerprint density at radius 2 is 2.00 bits per heavy atom. The minimum absolute atomic E-state index is 0.172. The van der Waals surface area contributed by atoms with E-state index >= 15 is 0 Å². The van der Waals surface area contributed by atoms with Crippen LogP contribution in [0.4, 0.5) is 0 Å². The van der Waals surface area contributed by atoms with Crippen molar-refractivity contribution >= 4 is 0 Å². The topological polar surface area (TPSA) is 36.9 Å². The summed E-state index contributed by atoms with van der Waals surface area (Å²) >= 11 is 0. The van der Waals surface area contributed by atoms with Crippen LogP contribution in [0, 0.1) is 0 Å². The van der Waals surface area contributed by atoms with Gasteiger partial charge in [0.15, 0.2) is 0 Å². The molecule has 0 bridgehead atoms. The maximum atomic E-state index is 7.15. The monoisotopic (exact) mass is 233 g/mol. The predicted molar refractivity (Wildman–Crippen MR) is 61.3 cm³/mol. The summed E-state index contributed by atoms with van der Waals surface area (Å²) in [6, 6.07) is 0. The van der Waals surface area contributed by atoms with E-state index < -0.39 is 0 Å². The molecular formula is C12H22O4. The average molecular weight is 233 g/mol. The van der Waals surface area contributed by atoms with Gasteiger partial charge in [-0.2, -0.15) is 0 Å². The minimum atomic E-state index is -0.340. The molecule has 0 saturated carbocycles. The van der Waals surface area contributed by atoms with Crippen LogP contribution in [0.2, 0.25) is 0 Å². The second kappa shape index (κ2) is 7.65. The van der Waals surface area contributed by atoms with Crippen LogP contribution in [0.3, 0.4) is 0 Å². The lowest BCUT2D eigenvalue weighted by Gasteiger charge is -2.34. The summed E-state index contributed by atoms with van der Waals surface area (Å²) < 4.78 is 43.2. The Morgan fingerprint density at radius 1 is 1.19 bits per heavy atom. The third-order valence-electron chi connectivity index (χ3n) is 2.26. The van der Waals surface area contributed by atoms with Gasteiger partial charge in [-0.25, -0.2) is 0 Å². The molecule has 1 heterocycles. The first-order chi connectivity index (χ1) is 9.33. The molecule has 1 aliphatic heterocycles. The molecule has 0 aromatic carbocycles. The highest BCUT2D eigenvalue weighted by Crippen LogP contribution is 2.19. The molecule has 0 saturated heterocycles. The van der Waals surface area contributed by atoms with E-state index in [2.05, 4.69) is 0 Å². The molecule has 0 radical (unpaired) electrons. The summed E-state index contributed by atoms with van der Waals surface area (Å²) in [5.74, 6) is 0. The van der Waals surface area contributed by atoms with Crippen LogP contribution in [-0.2, 0) is 18.9 Å². The van der Waals surface area contributed by atoms with Gasteiger partial charge in [-0.3, -0.25) is 0 Å². The van der Waals surface area contributed by atoms with E-state index in [9.17, 15) is 0 Å². The van der Waals surface area contributed by atoms with Crippen molar-refractivity contribution in [2.45, 2.75) is 39.0 Å². The van der Waals surface area contributed by atoms with Crippen molar-refractivity contribution in [3.05, 3.63) is 12.3 Å². The van der Waals surface area contributed by atoms with E-state index in [1.54, 1.807) is 12.3 Å². The lowest BCUT2D eigenvalue weighted by Crippen LogP contribution is -2.46. The molecule has 16 heavy (non-hydrogen) atoms. The zero-order valence-corrected chi connectivity index (χ0v) is 9.47. The van der Waals surface area contributed by atoms with Gasteiger partial charge in [-0.1, -0.05) is 0 Å². The third kappa shape index (κ3) is 3.77. The van der Waals surface area contributed by atoms with Crippen LogP contribution in [-0.4, -0.2) is 44.7 Å². The fourth-order valence-electron chi connectivity index (χ4n) is 1.58. The van der Waals surface area contributed by atoms with Gasteiger partial charge in [-0.15, -0.1) is 0 Å². The van der Waals surface area contributed by atoms with Crippen LogP contribution in [0.15, 0.2) is 12.3 Å². The first-order valence-corrected chi connectivity index (χ1v) is 5.34. The van der Waals surface area contributed by atoms with Gasteiger partial charge < -0.3 is 18.9 Å². The quantitative estimate of drug-likeness (QED) is 0.628. The molecule has 0 N–H and O–H groups in total. The fourth-order valence-corrected chi connectivity index (χ4v) is 1.58. The second-order valence-corrected chi connectivity index (χ2v) is 3.25. The SMILES string of the molecule is [2H]CCOC[C@H]1OC=C[C@@H](OCC[2H])[C@@H]1OCC[2H]. The van der Waals surface area contributed by atoms with E-state index in [-0.39, 0.29) is 39.0 Å². The van der Waals surface area contributed by atoms with Crippen molar-refractivity contribution in [1.29, 1.82) is 0 Å². The van der Waals surface area contributed by atoms with Crippen LogP contribution in [0.5, 0.6) is 0 Å². The molecule has 4 heteroatoms.